The number of nitrogens with zero attached hydrogens (tertiary/aromatic N) is 1. The molecular formula is C19H17NO4. The highest BCUT2D eigenvalue weighted by Gasteiger charge is 2.42. The fourth-order valence-electron chi connectivity index (χ4n) is 2.61. The number of Topliss-reactive ketones (excluding diaryl/α,β-unsaturated/α-hetero) is 1. The SMILES string of the molecule is CN(C)c1ccc([C@H]2OC(=O)C(=O)C2=C(O)c2ccccc2)cc1. The number of hydrogen-bond acceptors (Lipinski definition) is 5. The maximum atomic E-state index is 12.2. The fraction of sp³-hybridized carbons (Fsp3) is 0.158. The Morgan fingerprint density at radius 3 is 2.21 bits per heavy atom. The molecule has 1 atom stereocenters. The Morgan fingerprint density at radius 2 is 1.62 bits per heavy atom. The van der Waals surface area contributed by atoms with Crippen molar-refractivity contribution < 1.29 is 19.4 Å². The molecule has 122 valence electrons. The number of rotatable bonds is 3. The van der Waals surface area contributed by atoms with Crippen LogP contribution in [0.25, 0.3) is 5.76 Å². The minimum absolute atomic E-state index is 0.0243. The molecule has 0 amide bonds. The zero-order valence-electron chi connectivity index (χ0n) is 13.4. The van der Waals surface area contributed by atoms with Crippen LogP contribution in [0.2, 0.25) is 0 Å². The van der Waals surface area contributed by atoms with Crippen LogP contribution in [0.4, 0.5) is 5.69 Å². The van der Waals surface area contributed by atoms with E-state index < -0.39 is 17.9 Å². The molecule has 5 heteroatoms. The first-order valence-corrected chi connectivity index (χ1v) is 7.50. The smallest absolute Gasteiger partial charge is 0.380 e. The lowest BCUT2D eigenvalue weighted by molar-refractivity contribution is -0.149. The summed E-state index contributed by atoms with van der Waals surface area (Å²) < 4.78 is 5.20. The zero-order chi connectivity index (χ0) is 17.3. The molecule has 0 aromatic heterocycles. The van der Waals surface area contributed by atoms with Crippen LogP contribution in [0.15, 0.2) is 60.2 Å². The number of ketones is 1. The van der Waals surface area contributed by atoms with Gasteiger partial charge in [0.25, 0.3) is 5.78 Å². The molecule has 0 radical (unpaired) electrons. The van der Waals surface area contributed by atoms with Gasteiger partial charge in [-0.25, -0.2) is 4.79 Å². The van der Waals surface area contributed by atoms with E-state index in [-0.39, 0.29) is 11.3 Å². The number of esters is 1. The summed E-state index contributed by atoms with van der Waals surface area (Å²) in [6.07, 6.45) is -0.901. The number of carbonyl (C=O) groups is 2. The van der Waals surface area contributed by atoms with E-state index in [4.69, 9.17) is 4.74 Å². The van der Waals surface area contributed by atoms with Crippen molar-refractivity contribution >= 4 is 23.2 Å². The Morgan fingerprint density at radius 1 is 1.00 bits per heavy atom. The van der Waals surface area contributed by atoms with Crippen LogP contribution in [-0.2, 0) is 14.3 Å². The molecule has 1 saturated heterocycles. The molecule has 24 heavy (non-hydrogen) atoms. The lowest BCUT2D eigenvalue weighted by Gasteiger charge is -2.16. The summed E-state index contributed by atoms with van der Waals surface area (Å²) >= 11 is 0. The summed E-state index contributed by atoms with van der Waals surface area (Å²) in [4.78, 5) is 25.9. The zero-order valence-corrected chi connectivity index (χ0v) is 13.4. The topological polar surface area (TPSA) is 66.8 Å². The number of aliphatic hydroxyl groups excluding tert-OH is 1. The molecule has 1 N–H and O–H groups in total. The summed E-state index contributed by atoms with van der Waals surface area (Å²) in [6.45, 7) is 0. The van der Waals surface area contributed by atoms with Crippen molar-refractivity contribution in [3.05, 3.63) is 71.3 Å². The average molecular weight is 323 g/mol. The minimum atomic E-state index is -0.950. The van der Waals surface area contributed by atoms with Crippen molar-refractivity contribution in [2.45, 2.75) is 6.10 Å². The molecular weight excluding hydrogens is 306 g/mol. The quantitative estimate of drug-likeness (QED) is 0.407. The Labute approximate surface area is 139 Å². The Kier molecular flexibility index (Phi) is 4.08. The lowest BCUT2D eigenvalue weighted by Crippen LogP contribution is -2.09. The van der Waals surface area contributed by atoms with E-state index in [0.717, 1.165) is 5.69 Å². The lowest BCUT2D eigenvalue weighted by atomic mass is 9.96. The van der Waals surface area contributed by atoms with Crippen LogP contribution in [0.1, 0.15) is 17.2 Å². The molecule has 2 aromatic rings. The van der Waals surface area contributed by atoms with Crippen LogP contribution < -0.4 is 4.90 Å². The fourth-order valence-corrected chi connectivity index (χ4v) is 2.61. The molecule has 1 fully saturated rings. The highest BCUT2D eigenvalue weighted by Crippen LogP contribution is 2.37. The van der Waals surface area contributed by atoms with Gasteiger partial charge in [0.1, 0.15) is 5.76 Å². The van der Waals surface area contributed by atoms with Crippen LogP contribution >= 0.6 is 0 Å². The van der Waals surface area contributed by atoms with Gasteiger partial charge in [0.05, 0.1) is 5.57 Å². The first-order valence-electron chi connectivity index (χ1n) is 7.50. The van der Waals surface area contributed by atoms with Crippen LogP contribution in [-0.4, -0.2) is 31.0 Å². The van der Waals surface area contributed by atoms with Crippen molar-refractivity contribution in [2.24, 2.45) is 0 Å². The predicted molar refractivity (Wildman–Crippen MR) is 90.6 cm³/mol. The Balaban J connectivity index is 2.06. The molecule has 0 saturated carbocycles. The van der Waals surface area contributed by atoms with Crippen molar-refractivity contribution in [2.75, 3.05) is 19.0 Å². The standard InChI is InChI=1S/C19H17NO4/c1-20(2)14-10-8-13(9-11-14)18-15(17(22)19(23)24-18)16(21)12-6-4-3-5-7-12/h3-11,18,21H,1-2H3/t18-/m1/s1. The summed E-state index contributed by atoms with van der Waals surface area (Å²) in [5.41, 5.74) is 2.06. The summed E-state index contributed by atoms with van der Waals surface area (Å²) in [6, 6.07) is 15.9. The van der Waals surface area contributed by atoms with E-state index in [1.165, 1.54) is 0 Å². The van der Waals surface area contributed by atoms with E-state index in [2.05, 4.69) is 0 Å². The van der Waals surface area contributed by atoms with E-state index in [0.29, 0.717) is 11.1 Å². The molecule has 2 aromatic carbocycles. The number of ether oxygens (including phenoxy) is 1. The number of cyclic esters (lactones) is 1. The van der Waals surface area contributed by atoms with Gasteiger partial charge in [-0.05, 0) is 17.7 Å². The van der Waals surface area contributed by atoms with Crippen molar-refractivity contribution in [1.29, 1.82) is 0 Å². The van der Waals surface area contributed by atoms with Crippen molar-refractivity contribution in [1.82, 2.24) is 0 Å². The molecule has 0 spiro atoms. The van der Waals surface area contributed by atoms with Crippen LogP contribution in [0, 0.1) is 0 Å². The minimum Gasteiger partial charge on any atom is -0.507 e. The number of anilines is 1. The van der Waals surface area contributed by atoms with Gasteiger partial charge in [-0.3, -0.25) is 4.79 Å². The van der Waals surface area contributed by atoms with Gasteiger partial charge in [-0.15, -0.1) is 0 Å². The molecule has 1 aliphatic heterocycles. The summed E-state index contributed by atoms with van der Waals surface area (Å²) in [5, 5.41) is 10.5. The highest BCUT2D eigenvalue weighted by molar-refractivity contribution is 6.44. The molecule has 1 aliphatic rings. The van der Waals surface area contributed by atoms with E-state index in [9.17, 15) is 14.7 Å². The number of carbonyl (C=O) groups excluding carboxylic acids is 2. The first-order chi connectivity index (χ1) is 11.5. The second kappa shape index (κ2) is 6.20. The van der Waals surface area contributed by atoms with Crippen molar-refractivity contribution in [3.8, 4) is 0 Å². The number of benzene rings is 2. The highest BCUT2D eigenvalue weighted by atomic mass is 16.6. The second-order valence-electron chi connectivity index (χ2n) is 5.73. The summed E-state index contributed by atoms with van der Waals surface area (Å²) in [5.74, 6) is -1.99. The molecule has 3 rings (SSSR count). The van der Waals surface area contributed by atoms with E-state index >= 15 is 0 Å². The molecule has 0 aliphatic carbocycles. The third-order valence-electron chi connectivity index (χ3n) is 3.93. The van der Waals surface area contributed by atoms with Gasteiger partial charge in [-0.2, -0.15) is 0 Å². The molecule has 1 heterocycles. The molecule has 0 unspecified atom stereocenters. The number of hydrogen-bond donors (Lipinski definition) is 1. The monoisotopic (exact) mass is 323 g/mol. The van der Waals surface area contributed by atoms with Gasteiger partial charge in [0.2, 0.25) is 0 Å². The molecule has 0 bridgehead atoms. The van der Waals surface area contributed by atoms with E-state index in [1.54, 1.807) is 42.5 Å². The largest absolute Gasteiger partial charge is 0.507 e. The van der Waals surface area contributed by atoms with Crippen molar-refractivity contribution in [3.63, 3.8) is 0 Å². The number of aliphatic hydroxyl groups is 1. The van der Waals surface area contributed by atoms with Crippen LogP contribution in [0.5, 0.6) is 0 Å². The Hall–Kier alpha value is -3.08. The van der Waals surface area contributed by atoms with Gasteiger partial charge in [0.15, 0.2) is 6.10 Å². The average Bonchev–Trinajstić information content (AvgIpc) is 2.90. The Bertz CT molecular complexity index is 807. The predicted octanol–water partition coefficient (Wildman–Crippen LogP) is 2.89. The third kappa shape index (κ3) is 2.76. The van der Waals surface area contributed by atoms with Crippen LogP contribution in [0.3, 0.4) is 0 Å². The normalized spacial score (nSPS) is 19.2. The molecule has 5 nitrogen and oxygen atoms in total. The van der Waals surface area contributed by atoms with Gasteiger partial charge in [-0.1, -0.05) is 42.5 Å². The maximum absolute atomic E-state index is 12.2. The maximum Gasteiger partial charge on any atom is 0.380 e. The van der Waals surface area contributed by atoms with Gasteiger partial charge in [0, 0.05) is 25.3 Å². The summed E-state index contributed by atoms with van der Waals surface area (Å²) in [7, 11) is 3.83. The van der Waals surface area contributed by atoms with Gasteiger partial charge < -0.3 is 14.7 Å². The second-order valence-corrected chi connectivity index (χ2v) is 5.73. The first kappa shape index (κ1) is 15.8. The third-order valence-corrected chi connectivity index (χ3v) is 3.93. The van der Waals surface area contributed by atoms with Gasteiger partial charge >= 0.3 is 5.97 Å². The van der Waals surface area contributed by atoms with E-state index in [1.807, 2.05) is 31.1 Å².